The van der Waals surface area contributed by atoms with Crippen LogP contribution in [0, 0.1) is 5.82 Å². The van der Waals surface area contributed by atoms with Gasteiger partial charge in [0, 0.05) is 5.69 Å². The molecule has 3 aromatic carbocycles. The second-order valence-electron chi connectivity index (χ2n) is 8.45. The molecular formula is C29H23ClFNO6. The summed E-state index contributed by atoms with van der Waals surface area (Å²) in [6.07, 6.45) is 1.61. The van der Waals surface area contributed by atoms with E-state index in [0.717, 1.165) is 6.07 Å². The van der Waals surface area contributed by atoms with Gasteiger partial charge in [-0.2, -0.15) is 0 Å². The molecule has 1 aliphatic rings. The average Bonchev–Trinajstić information content (AvgIpc) is 3.20. The topological polar surface area (TPSA) is 78.2 Å². The fraction of sp³-hybridized carbons (Fsp3) is 0.172. The van der Waals surface area contributed by atoms with Gasteiger partial charge < -0.3 is 18.6 Å². The lowest BCUT2D eigenvalue weighted by molar-refractivity contribution is 0.0971. The summed E-state index contributed by atoms with van der Waals surface area (Å²) in [6.45, 7) is 6.12. The Balaban J connectivity index is 1.76. The SMILES string of the molecule is C=CCOc1ccc(C2c3c(oc4ccc(F)cc4c3=O)C(=O)N2c2ccc(OC)c(Cl)c2)cc1OCC. The van der Waals surface area contributed by atoms with E-state index >= 15 is 0 Å². The van der Waals surface area contributed by atoms with Crippen molar-refractivity contribution < 1.29 is 27.8 Å². The summed E-state index contributed by atoms with van der Waals surface area (Å²) in [5, 5.41) is 0.314. The molecule has 5 rings (SSSR count). The van der Waals surface area contributed by atoms with Crippen LogP contribution in [-0.2, 0) is 0 Å². The molecule has 9 heteroatoms. The first-order valence-electron chi connectivity index (χ1n) is 11.8. The number of anilines is 1. The minimum atomic E-state index is -0.918. The van der Waals surface area contributed by atoms with Gasteiger partial charge in [-0.3, -0.25) is 14.5 Å². The first-order valence-corrected chi connectivity index (χ1v) is 12.2. The third-order valence-electron chi connectivity index (χ3n) is 6.19. The smallest absolute Gasteiger partial charge is 0.295 e. The summed E-state index contributed by atoms with van der Waals surface area (Å²) >= 11 is 6.40. The Morgan fingerprint density at radius 1 is 1.05 bits per heavy atom. The number of carbonyl (C=O) groups is 1. The first kappa shape index (κ1) is 25.4. The number of carbonyl (C=O) groups excluding carboxylic acids is 1. The van der Waals surface area contributed by atoms with Gasteiger partial charge in [0.2, 0.25) is 5.76 Å². The molecule has 38 heavy (non-hydrogen) atoms. The van der Waals surface area contributed by atoms with Gasteiger partial charge in [0.05, 0.1) is 35.7 Å². The van der Waals surface area contributed by atoms with Gasteiger partial charge in [-0.1, -0.05) is 30.3 Å². The fourth-order valence-corrected chi connectivity index (χ4v) is 4.81. The second-order valence-corrected chi connectivity index (χ2v) is 8.86. The van der Waals surface area contributed by atoms with E-state index in [1.165, 1.54) is 24.1 Å². The maximum Gasteiger partial charge on any atom is 0.295 e. The number of fused-ring (bicyclic) bond motifs is 2. The monoisotopic (exact) mass is 535 g/mol. The highest BCUT2D eigenvalue weighted by molar-refractivity contribution is 6.32. The fourth-order valence-electron chi connectivity index (χ4n) is 4.56. The zero-order valence-corrected chi connectivity index (χ0v) is 21.4. The van der Waals surface area contributed by atoms with Crippen LogP contribution in [-0.4, -0.2) is 26.2 Å². The molecule has 0 N–H and O–H groups in total. The molecule has 0 radical (unpaired) electrons. The number of methoxy groups -OCH3 is 1. The molecular weight excluding hydrogens is 513 g/mol. The highest BCUT2D eigenvalue weighted by atomic mass is 35.5. The summed E-state index contributed by atoms with van der Waals surface area (Å²) in [5.41, 5.74) is 0.659. The van der Waals surface area contributed by atoms with Crippen LogP contribution in [0.4, 0.5) is 10.1 Å². The zero-order chi connectivity index (χ0) is 27.0. The quantitative estimate of drug-likeness (QED) is 0.246. The van der Waals surface area contributed by atoms with E-state index in [9.17, 15) is 14.0 Å². The minimum absolute atomic E-state index is 0.0344. The molecule has 7 nitrogen and oxygen atoms in total. The highest BCUT2D eigenvalue weighted by Gasteiger charge is 2.44. The van der Waals surface area contributed by atoms with E-state index < -0.39 is 23.2 Å². The number of amides is 1. The van der Waals surface area contributed by atoms with E-state index in [2.05, 4.69) is 6.58 Å². The van der Waals surface area contributed by atoms with Crippen molar-refractivity contribution in [2.75, 3.05) is 25.2 Å². The van der Waals surface area contributed by atoms with Crippen LogP contribution in [0.5, 0.6) is 17.2 Å². The molecule has 0 spiro atoms. The normalized spacial score (nSPS) is 14.5. The number of ether oxygens (including phenoxy) is 3. The van der Waals surface area contributed by atoms with Crippen LogP contribution in [0.25, 0.3) is 11.0 Å². The van der Waals surface area contributed by atoms with Crippen molar-refractivity contribution in [1.29, 1.82) is 0 Å². The van der Waals surface area contributed by atoms with E-state index in [0.29, 0.717) is 35.1 Å². The maximum absolute atomic E-state index is 14.1. The van der Waals surface area contributed by atoms with Crippen LogP contribution in [0.3, 0.4) is 0 Å². The van der Waals surface area contributed by atoms with Crippen LogP contribution < -0.4 is 24.5 Å². The van der Waals surface area contributed by atoms with Gasteiger partial charge in [0.25, 0.3) is 5.91 Å². The molecule has 1 aromatic heterocycles. The lowest BCUT2D eigenvalue weighted by Crippen LogP contribution is -2.29. The molecule has 0 saturated heterocycles. The molecule has 0 saturated carbocycles. The second kappa shape index (κ2) is 10.2. The van der Waals surface area contributed by atoms with Crippen molar-refractivity contribution in [1.82, 2.24) is 0 Å². The van der Waals surface area contributed by atoms with Gasteiger partial charge in [0.1, 0.15) is 23.8 Å². The van der Waals surface area contributed by atoms with E-state index in [-0.39, 0.29) is 33.9 Å². The summed E-state index contributed by atoms with van der Waals surface area (Å²) < 4.78 is 36.8. The Hall–Kier alpha value is -4.30. The Bertz CT molecular complexity index is 1630. The van der Waals surface area contributed by atoms with Crippen molar-refractivity contribution in [2.45, 2.75) is 13.0 Å². The lowest BCUT2D eigenvalue weighted by Gasteiger charge is -2.26. The minimum Gasteiger partial charge on any atom is -0.495 e. The molecule has 1 unspecified atom stereocenters. The number of benzene rings is 3. The first-order chi connectivity index (χ1) is 18.4. The Kier molecular flexibility index (Phi) is 6.82. The van der Waals surface area contributed by atoms with Gasteiger partial charge in [0.15, 0.2) is 16.9 Å². The van der Waals surface area contributed by atoms with E-state index in [1.807, 2.05) is 6.92 Å². The van der Waals surface area contributed by atoms with Crippen LogP contribution in [0.2, 0.25) is 5.02 Å². The van der Waals surface area contributed by atoms with E-state index in [4.69, 9.17) is 30.2 Å². The average molecular weight is 536 g/mol. The predicted octanol–water partition coefficient (Wildman–Crippen LogP) is 6.31. The highest BCUT2D eigenvalue weighted by Crippen LogP contribution is 2.44. The van der Waals surface area contributed by atoms with Crippen molar-refractivity contribution in [3.63, 3.8) is 0 Å². The molecule has 1 amide bonds. The number of nitrogens with zero attached hydrogens (tertiary/aromatic N) is 1. The zero-order valence-electron chi connectivity index (χ0n) is 20.6. The van der Waals surface area contributed by atoms with Crippen molar-refractivity contribution in [3.8, 4) is 17.2 Å². The molecule has 2 heterocycles. The summed E-state index contributed by atoms with van der Waals surface area (Å²) in [5.74, 6) is 0.0690. The van der Waals surface area contributed by atoms with Crippen LogP contribution in [0.1, 0.15) is 34.6 Å². The van der Waals surface area contributed by atoms with Gasteiger partial charge in [-0.25, -0.2) is 4.39 Å². The standard InChI is InChI=1S/C29H23ClFNO6/c1-4-12-37-23-9-6-16(13-24(23)36-5-2)26-25-27(33)19-14-17(31)7-10-21(19)38-28(25)29(34)32(26)18-8-11-22(35-3)20(30)15-18/h4,6-11,13-15,26H,1,5,12H2,2-3H3. The molecule has 4 aromatic rings. The summed E-state index contributed by atoms with van der Waals surface area (Å²) in [6, 6.07) is 12.7. The van der Waals surface area contributed by atoms with Gasteiger partial charge >= 0.3 is 0 Å². The number of rotatable bonds is 8. The third-order valence-corrected chi connectivity index (χ3v) is 6.48. The van der Waals surface area contributed by atoms with Crippen LogP contribution >= 0.6 is 11.6 Å². The van der Waals surface area contributed by atoms with Gasteiger partial charge in [-0.05, 0) is 61.0 Å². The largest absolute Gasteiger partial charge is 0.495 e. The Labute approximate surface area is 222 Å². The molecule has 0 aliphatic carbocycles. The number of hydrogen-bond donors (Lipinski definition) is 0. The summed E-state index contributed by atoms with van der Waals surface area (Å²) in [4.78, 5) is 29.0. The number of halogens is 2. The molecule has 194 valence electrons. The maximum atomic E-state index is 14.1. The Morgan fingerprint density at radius 2 is 1.84 bits per heavy atom. The predicted molar refractivity (Wildman–Crippen MR) is 142 cm³/mol. The van der Waals surface area contributed by atoms with Crippen molar-refractivity contribution in [3.05, 3.63) is 105 Å². The molecule has 0 fully saturated rings. The molecule has 1 aliphatic heterocycles. The van der Waals surface area contributed by atoms with Crippen LogP contribution in [0.15, 0.2) is 76.5 Å². The van der Waals surface area contributed by atoms with Crippen molar-refractivity contribution in [2.24, 2.45) is 0 Å². The third kappa shape index (κ3) is 4.26. The lowest BCUT2D eigenvalue weighted by atomic mass is 9.97. The number of hydrogen-bond acceptors (Lipinski definition) is 6. The van der Waals surface area contributed by atoms with Gasteiger partial charge in [-0.15, -0.1) is 0 Å². The molecule has 0 bridgehead atoms. The summed E-state index contributed by atoms with van der Waals surface area (Å²) in [7, 11) is 1.49. The van der Waals surface area contributed by atoms with Crippen molar-refractivity contribution >= 4 is 34.2 Å². The molecule has 1 atom stereocenters. The van der Waals surface area contributed by atoms with E-state index in [1.54, 1.807) is 42.5 Å². The Morgan fingerprint density at radius 3 is 2.55 bits per heavy atom.